The second kappa shape index (κ2) is 4.95. The van der Waals surface area contributed by atoms with E-state index >= 15 is 0 Å². The van der Waals surface area contributed by atoms with E-state index in [1.165, 1.54) is 6.42 Å². The van der Waals surface area contributed by atoms with Crippen molar-refractivity contribution in [3.8, 4) is 6.07 Å². The molecular weight excluding hydrogens is 274 g/mol. The first kappa shape index (κ1) is 14.8. The van der Waals surface area contributed by atoms with Crippen LogP contribution in [-0.4, -0.2) is 11.6 Å². The zero-order chi connectivity index (χ0) is 16.0. The summed E-state index contributed by atoms with van der Waals surface area (Å²) in [6.07, 6.45) is 3.37. The van der Waals surface area contributed by atoms with Crippen molar-refractivity contribution in [2.24, 2.45) is 21.8 Å². The number of nitrogens with one attached hydrogen (secondary N) is 1. The molecule has 2 aliphatic carbocycles. The first-order valence-electron chi connectivity index (χ1n) is 7.76. The summed E-state index contributed by atoms with van der Waals surface area (Å²) in [7, 11) is 0. The molecular formula is C18H21N3O. The molecule has 114 valence electrons. The van der Waals surface area contributed by atoms with Crippen LogP contribution in [-0.2, 0) is 0 Å². The molecule has 2 aliphatic rings. The third-order valence-corrected chi connectivity index (χ3v) is 6.06. The van der Waals surface area contributed by atoms with Crippen LogP contribution in [0, 0.1) is 28.1 Å². The Morgan fingerprint density at radius 2 is 2.18 bits per heavy atom. The molecule has 0 heterocycles. The summed E-state index contributed by atoms with van der Waals surface area (Å²) in [5, 5.41) is 13.3. The third-order valence-electron chi connectivity index (χ3n) is 6.06. The van der Waals surface area contributed by atoms with Gasteiger partial charge >= 0.3 is 0 Å². The van der Waals surface area contributed by atoms with Crippen molar-refractivity contribution >= 4 is 11.6 Å². The van der Waals surface area contributed by atoms with Crippen molar-refractivity contribution in [1.82, 2.24) is 5.43 Å². The van der Waals surface area contributed by atoms with Crippen molar-refractivity contribution in [2.45, 2.75) is 40.0 Å². The van der Waals surface area contributed by atoms with Gasteiger partial charge in [0, 0.05) is 16.7 Å². The van der Waals surface area contributed by atoms with Crippen LogP contribution in [0.15, 0.2) is 29.4 Å². The standard InChI is InChI=1S/C18H21N3O/c1-17(2)14-7-8-18(17,3)15(10-14)20-21-16(22)13-6-4-5-12(9-13)11-19/h4-6,9,14H,7-8,10H2,1-3H3,(H,21,22)/b20-15+/t14-,18+/m0/s1. The molecule has 4 nitrogen and oxygen atoms in total. The molecule has 0 saturated heterocycles. The van der Waals surface area contributed by atoms with Crippen LogP contribution < -0.4 is 5.43 Å². The van der Waals surface area contributed by atoms with E-state index in [-0.39, 0.29) is 16.7 Å². The van der Waals surface area contributed by atoms with Gasteiger partial charge in [0.15, 0.2) is 0 Å². The number of nitriles is 1. The Morgan fingerprint density at radius 1 is 1.41 bits per heavy atom. The minimum Gasteiger partial charge on any atom is -0.267 e. The minimum absolute atomic E-state index is 0.0828. The van der Waals surface area contributed by atoms with Crippen molar-refractivity contribution in [2.75, 3.05) is 0 Å². The molecule has 3 rings (SSSR count). The Balaban J connectivity index is 1.78. The average molecular weight is 295 g/mol. The second-order valence-corrected chi connectivity index (χ2v) is 7.19. The lowest BCUT2D eigenvalue weighted by Crippen LogP contribution is -2.34. The fourth-order valence-electron chi connectivity index (χ4n) is 4.01. The molecule has 4 heteroatoms. The summed E-state index contributed by atoms with van der Waals surface area (Å²) in [6.45, 7) is 6.89. The van der Waals surface area contributed by atoms with Gasteiger partial charge in [-0.15, -0.1) is 0 Å². The van der Waals surface area contributed by atoms with Crippen LogP contribution in [0.4, 0.5) is 0 Å². The number of benzene rings is 1. The highest BCUT2D eigenvalue weighted by Gasteiger charge is 2.59. The maximum Gasteiger partial charge on any atom is 0.271 e. The molecule has 2 atom stereocenters. The first-order chi connectivity index (χ1) is 10.4. The Labute approximate surface area is 131 Å². The van der Waals surface area contributed by atoms with E-state index in [0.29, 0.717) is 17.0 Å². The maximum absolute atomic E-state index is 12.2. The summed E-state index contributed by atoms with van der Waals surface area (Å²) in [5.74, 6) is 0.406. The van der Waals surface area contributed by atoms with Gasteiger partial charge in [0.25, 0.3) is 5.91 Å². The Bertz CT molecular complexity index is 699. The molecule has 1 aromatic rings. The van der Waals surface area contributed by atoms with E-state index in [1.807, 2.05) is 6.07 Å². The number of rotatable bonds is 2. The molecule has 0 radical (unpaired) electrons. The predicted octanol–water partition coefficient (Wildman–Crippen LogP) is 3.49. The van der Waals surface area contributed by atoms with Gasteiger partial charge in [-0.1, -0.05) is 26.8 Å². The normalized spacial score (nSPS) is 30.3. The number of nitrogens with zero attached hydrogens (tertiary/aromatic N) is 2. The molecule has 0 unspecified atom stereocenters. The van der Waals surface area contributed by atoms with Gasteiger partial charge in [-0.25, -0.2) is 5.43 Å². The van der Waals surface area contributed by atoms with Gasteiger partial charge in [-0.3, -0.25) is 4.79 Å². The van der Waals surface area contributed by atoms with E-state index < -0.39 is 0 Å². The zero-order valence-electron chi connectivity index (χ0n) is 13.3. The Kier molecular flexibility index (Phi) is 3.32. The SMILES string of the molecule is CC1(C)[C@H]2CC[C@]1(C)/C(=N/NC(=O)c1cccc(C#N)c1)C2. The number of hydrogen-bond acceptors (Lipinski definition) is 3. The van der Waals surface area contributed by atoms with E-state index in [9.17, 15) is 4.79 Å². The fourth-order valence-corrected chi connectivity index (χ4v) is 4.01. The molecule has 2 saturated carbocycles. The summed E-state index contributed by atoms with van der Waals surface area (Å²) < 4.78 is 0. The summed E-state index contributed by atoms with van der Waals surface area (Å²) in [4.78, 5) is 12.2. The second-order valence-electron chi connectivity index (χ2n) is 7.19. The van der Waals surface area contributed by atoms with Gasteiger partial charge in [0.05, 0.1) is 11.6 Å². The van der Waals surface area contributed by atoms with Gasteiger partial charge in [0.1, 0.15) is 0 Å². The topological polar surface area (TPSA) is 65.2 Å². The Hall–Kier alpha value is -2.15. The van der Waals surface area contributed by atoms with Gasteiger partial charge in [0.2, 0.25) is 0 Å². The number of fused-ring (bicyclic) bond motifs is 2. The minimum atomic E-state index is -0.256. The number of carbonyl (C=O) groups excluding carboxylic acids is 1. The quantitative estimate of drug-likeness (QED) is 0.849. The highest BCUT2D eigenvalue weighted by atomic mass is 16.2. The molecule has 1 N–H and O–H groups in total. The van der Waals surface area contributed by atoms with Gasteiger partial charge in [-0.05, 0) is 48.8 Å². The maximum atomic E-state index is 12.2. The van der Waals surface area contributed by atoms with Crippen molar-refractivity contribution in [3.63, 3.8) is 0 Å². The van der Waals surface area contributed by atoms with Crippen molar-refractivity contribution in [1.29, 1.82) is 5.26 Å². The highest BCUT2D eigenvalue weighted by Crippen LogP contribution is 2.63. The zero-order valence-corrected chi connectivity index (χ0v) is 13.3. The lowest BCUT2D eigenvalue weighted by molar-refractivity contribution is 0.0954. The smallest absolute Gasteiger partial charge is 0.267 e. The van der Waals surface area contributed by atoms with E-state index in [1.54, 1.807) is 24.3 Å². The van der Waals surface area contributed by atoms with Crippen LogP contribution in [0.3, 0.4) is 0 Å². The molecule has 0 spiro atoms. The van der Waals surface area contributed by atoms with Crippen LogP contribution >= 0.6 is 0 Å². The molecule has 2 bridgehead atoms. The van der Waals surface area contributed by atoms with Crippen molar-refractivity contribution in [3.05, 3.63) is 35.4 Å². The summed E-state index contributed by atoms with van der Waals surface area (Å²) in [6, 6.07) is 8.72. The average Bonchev–Trinajstić information content (AvgIpc) is 2.85. The third kappa shape index (κ3) is 2.04. The predicted molar refractivity (Wildman–Crippen MR) is 85.3 cm³/mol. The number of amides is 1. The number of carbonyl (C=O) groups is 1. The first-order valence-corrected chi connectivity index (χ1v) is 7.76. The van der Waals surface area contributed by atoms with Crippen molar-refractivity contribution < 1.29 is 4.79 Å². The summed E-state index contributed by atoms with van der Waals surface area (Å²) >= 11 is 0. The van der Waals surface area contributed by atoms with Gasteiger partial charge < -0.3 is 0 Å². The molecule has 1 aromatic carbocycles. The lowest BCUT2D eigenvalue weighted by atomic mass is 9.70. The largest absolute Gasteiger partial charge is 0.271 e. The Morgan fingerprint density at radius 3 is 2.77 bits per heavy atom. The van der Waals surface area contributed by atoms with E-state index in [2.05, 4.69) is 31.3 Å². The molecule has 1 amide bonds. The molecule has 22 heavy (non-hydrogen) atoms. The van der Waals surface area contributed by atoms with Crippen LogP contribution in [0.2, 0.25) is 0 Å². The highest BCUT2D eigenvalue weighted by molar-refractivity contribution is 5.98. The number of hydrogen-bond donors (Lipinski definition) is 1. The van der Waals surface area contributed by atoms with E-state index in [0.717, 1.165) is 18.6 Å². The lowest BCUT2D eigenvalue weighted by Gasteiger charge is -2.34. The van der Waals surface area contributed by atoms with E-state index in [4.69, 9.17) is 5.26 Å². The summed E-state index contributed by atoms with van der Waals surface area (Å²) in [5.41, 5.74) is 5.07. The van der Waals surface area contributed by atoms with Gasteiger partial charge in [-0.2, -0.15) is 10.4 Å². The monoisotopic (exact) mass is 295 g/mol. The van der Waals surface area contributed by atoms with Crippen LogP contribution in [0.25, 0.3) is 0 Å². The number of hydrazone groups is 1. The van der Waals surface area contributed by atoms with Crippen LogP contribution in [0.1, 0.15) is 56.0 Å². The molecule has 0 aliphatic heterocycles. The van der Waals surface area contributed by atoms with Crippen LogP contribution in [0.5, 0.6) is 0 Å². The molecule has 0 aromatic heterocycles. The molecule has 2 fully saturated rings. The fraction of sp³-hybridized carbons (Fsp3) is 0.500.